The van der Waals surface area contributed by atoms with Crippen molar-refractivity contribution in [1.82, 2.24) is 10.2 Å². The molecular formula is C23H26N2O4. The molecule has 0 aliphatic carbocycles. The Kier molecular flexibility index (Phi) is 7.03. The molecule has 2 unspecified atom stereocenters. The van der Waals surface area contributed by atoms with Crippen molar-refractivity contribution in [2.45, 2.75) is 19.1 Å². The highest BCUT2D eigenvalue weighted by Gasteiger charge is 2.28. The van der Waals surface area contributed by atoms with Crippen molar-refractivity contribution in [3.05, 3.63) is 71.8 Å². The first-order chi connectivity index (χ1) is 14.1. The van der Waals surface area contributed by atoms with Crippen LogP contribution in [0.1, 0.15) is 24.2 Å². The normalized spacial score (nSPS) is 17.7. The first-order valence-electron chi connectivity index (χ1n) is 9.65. The lowest BCUT2D eigenvalue weighted by Gasteiger charge is -2.34. The molecule has 0 aromatic heterocycles. The number of methoxy groups -OCH3 is 1. The van der Waals surface area contributed by atoms with Gasteiger partial charge in [0.1, 0.15) is 17.9 Å². The van der Waals surface area contributed by atoms with Gasteiger partial charge in [-0.3, -0.25) is 9.59 Å². The van der Waals surface area contributed by atoms with Crippen LogP contribution in [0, 0.1) is 0 Å². The lowest BCUT2D eigenvalue weighted by molar-refractivity contribution is -0.142. The first-order valence-corrected chi connectivity index (χ1v) is 9.65. The molecule has 1 N–H and O–H groups in total. The molecule has 0 saturated carbocycles. The fraction of sp³-hybridized carbons (Fsp3) is 0.304. The van der Waals surface area contributed by atoms with E-state index in [0.29, 0.717) is 19.7 Å². The van der Waals surface area contributed by atoms with Gasteiger partial charge in [-0.1, -0.05) is 42.5 Å². The first kappa shape index (κ1) is 20.6. The Morgan fingerprint density at radius 2 is 1.90 bits per heavy atom. The van der Waals surface area contributed by atoms with Crippen molar-refractivity contribution in [1.29, 1.82) is 0 Å². The second-order valence-corrected chi connectivity index (χ2v) is 6.89. The second kappa shape index (κ2) is 9.89. The van der Waals surface area contributed by atoms with Crippen LogP contribution in [0.15, 0.2) is 60.7 Å². The van der Waals surface area contributed by atoms with Crippen LogP contribution in [0.5, 0.6) is 5.75 Å². The van der Waals surface area contributed by atoms with Crippen LogP contribution in [0.4, 0.5) is 0 Å². The summed E-state index contributed by atoms with van der Waals surface area (Å²) in [5, 5.41) is 2.74. The lowest BCUT2D eigenvalue weighted by atomic mass is 10.1. The molecule has 1 aliphatic rings. The molecule has 0 radical (unpaired) electrons. The largest absolute Gasteiger partial charge is 0.497 e. The zero-order valence-corrected chi connectivity index (χ0v) is 16.7. The third-order valence-electron chi connectivity index (χ3n) is 4.82. The van der Waals surface area contributed by atoms with Crippen LogP contribution in [-0.4, -0.2) is 49.6 Å². The van der Waals surface area contributed by atoms with E-state index in [1.165, 1.54) is 6.08 Å². The van der Waals surface area contributed by atoms with Gasteiger partial charge in [-0.05, 0) is 36.3 Å². The van der Waals surface area contributed by atoms with Crippen LogP contribution in [0.2, 0.25) is 0 Å². The molecule has 1 heterocycles. The van der Waals surface area contributed by atoms with Crippen molar-refractivity contribution < 1.29 is 19.1 Å². The number of hydrogen-bond donors (Lipinski definition) is 1. The quantitative estimate of drug-likeness (QED) is 0.765. The van der Waals surface area contributed by atoms with E-state index in [0.717, 1.165) is 16.9 Å². The molecule has 0 spiro atoms. The third kappa shape index (κ3) is 5.68. The smallest absolute Gasteiger partial charge is 0.245 e. The number of nitrogens with one attached hydrogen (secondary N) is 1. The van der Waals surface area contributed by atoms with Crippen LogP contribution >= 0.6 is 0 Å². The van der Waals surface area contributed by atoms with Gasteiger partial charge < -0.3 is 19.7 Å². The zero-order valence-electron chi connectivity index (χ0n) is 16.7. The average Bonchev–Trinajstić information content (AvgIpc) is 2.78. The minimum Gasteiger partial charge on any atom is -0.497 e. The predicted octanol–water partition coefficient (Wildman–Crippen LogP) is 2.81. The maximum absolute atomic E-state index is 12.8. The number of nitrogens with zero attached hydrogens (tertiary/aromatic N) is 1. The molecule has 2 aromatic rings. The number of carbonyl (C=O) groups is 2. The minimum atomic E-state index is -0.613. The molecule has 6 nitrogen and oxygen atoms in total. The summed E-state index contributed by atoms with van der Waals surface area (Å²) in [6, 6.07) is 16.6. The Bertz CT molecular complexity index is 849. The molecule has 29 heavy (non-hydrogen) atoms. The summed E-state index contributed by atoms with van der Waals surface area (Å²) in [7, 11) is 1.60. The van der Waals surface area contributed by atoms with Crippen molar-refractivity contribution >= 4 is 17.9 Å². The summed E-state index contributed by atoms with van der Waals surface area (Å²) in [6.07, 6.45) is 2.98. The summed E-state index contributed by atoms with van der Waals surface area (Å²) in [5.74, 6) is 0.333. The third-order valence-corrected chi connectivity index (χ3v) is 4.82. The molecular weight excluding hydrogens is 368 g/mol. The number of amides is 2. The van der Waals surface area contributed by atoms with Crippen LogP contribution in [0.25, 0.3) is 6.08 Å². The number of carbonyl (C=O) groups excluding carboxylic acids is 2. The Morgan fingerprint density at radius 3 is 2.59 bits per heavy atom. The van der Waals surface area contributed by atoms with Gasteiger partial charge in [-0.25, -0.2) is 0 Å². The van der Waals surface area contributed by atoms with Gasteiger partial charge in [0.05, 0.1) is 20.3 Å². The van der Waals surface area contributed by atoms with Gasteiger partial charge in [-0.2, -0.15) is 0 Å². The summed E-state index contributed by atoms with van der Waals surface area (Å²) in [6.45, 7) is 3.17. The Hall–Kier alpha value is -3.12. The number of benzene rings is 2. The van der Waals surface area contributed by atoms with E-state index >= 15 is 0 Å². The fourth-order valence-corrected chi connectivity index (χ4v) is 3.20. The Balaban J connectivity index is 1.53. The fourth-order valence-electron chi connectivity index (χ4n) is 3.20. The molecule has 1 fully saturated rings. The molecule has 2 aromatic carbocycles. The van der Waals surface area contributed by atoms with E-state index in [1.807, 2.05) is 54.6 Å². The predicted molar refractivity (Wildman–Crippen MR) is 111 cm³/mol. The number of ether oxygens (including phenoxy) is 2. The van der Waals surface area contributed by atoms with Crippen molar-refractivity contribution in [3.63, 3.8) is 0 Å². The lowest BCUT2D eigenvalue weighted by Crippen LogP contribution is -2.50. The molecule has 0 bridgehead atoms. The van der Waals surface area contributed by atoms with Gasteiger partial charge in [0, 0.05) is 12.6 Å². The van der Waals surface area contributed by atoms with Crippen molar-refractivity contribution in [2.24, 2.45) is 0 Å². The highest BCUT2D eigenvalue weighted by Crippen LogP contribution is 2.22. The molecule has 3 rings (SSSR count). The summed E-state index contributed by atoms with van der Waals surface area (Å²) >= 11 is 0. The SMILES string of the molecule is COc1ccc(/C=C/C(=O)NC(C)C(=O)N2CCOC(c3ccccc3)C2)cc1. The van der Waals surface area contributed by atoms with Gasteiger partial charge in [-0.15, -0.1) is 0 Å². The topological polar surface area (TPSA) is 67.9 Å². The zero-order chi connectivity index (χ0) is 20.6. The number of hydrogen-bond acceptors (Lipinski definition) is 4. The van der Waals surface area contributed by atoms with Crippen LogP contribution in [-0.2, 0) is 14.3 Å². The molecule has 2 amide bonds. The van der Waals surface area contributed by atoms with E-state index in [4.69, 9.17) is 9.47 Å². The van der Waals surface area contributed by atoms with Crippen molar-refractivity contribution in [3.8, 4) is 5.75 Å². The monoisotopic (exact) mass is 394 g/mol. The van der Waals surface area contributed by atoms with Crippen molar-refractivity contribution in [2.75, 3.05) is 26.8 Å². The van der Waals surface area contributed by atoms with Crippen LogP contribution in [0.3, 0.4) is 0 Å². The maximum atomic E-state index is 12.8. The van der Waals surface area contributed by atoms with Gasteiger partial charge in [0.25, 0.3) is 0 Å². The highest BCUT2D eigenvalue weighted by molar-refractivity contribution is 5.95. The summed E-state index contributed by atoms with van der Waals surface area (Å²) in [5.41, 5.74) is 1.92. The second-order valence-electron chi connectivity index (χ2n) is 6.89. The minimum absolute atomic E-state index is 0.111. The van der Waals surface area contributed by atoms with E-state index in [1.54, 1.807) is 25.0 Å². The highest BCUT2D eigenvalue weighted by atomic mass is 16.5. The van der Waals surface area contributed by atoms with Gasteiger partial charge >= 0.3 is 0 Å². The van der Waals surface area contributed by atoms with E-state index < -0.39 is 6.04 Å². The Morgan fingerprint density at radius 1 is 1.17 bits per heavy atom. The van der Waals surface area contributed by atoms with Gasteiger partial charge in [0.15, 0.2) is 0 Å². The standard InChI is InChI=1S/C23H26N2O4/c1-17(24-22(26)13-10-18-8-11-20(28-2)12-9-18)23(27)25-14-15-29-21(16-25)19-6-4-3-5-7-19/h3-13,17,21H,14-16H2,1-2H3,(H,24,26)/b13-10+. The maximum Gasteiger partial charge on any atom is 0.245 e. The van der Waals surface area contributed by atoms with E-state index in [-0.39, 0.29) is 17.9 Å². The molecule has 6 heteroatoms. The van der Waals surface area contributed by atoms with Gasteiger partial charge in [0.2, 0.25) is 11.8 Å². The molecule has 2 atom stereocenters. The van der Waals surface area contributed by atoms with E-state index in [2.05, 4.69) is 5.32 Å². The number of morpholine rings is 1. The summed E-state index contributed by atoms with van der Waals surface area (Å²) < 4.78 is 10.9. The molecule has 152 valence electrons. The van der Waals surface area contributed by atoms with Crippen LogP contribution < -0.4 is 10.1 Å². The molecule has 1 saturated heterocycles. The average molecular weight is 394 g/mol. The van der Waals surface area contributed by atoms with E-state index in [9.17, 15) is 9.59 Å². The number of rotatable bonds is 6. The summed E-state index contributed by atoms with van der Waals surface area (Å²) in [4.78, 5) is 26.7. The molecule has 1 aliphatic heterocycles. The Labute approximate surface area is 171 Å².